The van der Waals surface area contributed by atoms with Crippen LogP contribution in [-0.2, 0) is 0 Å². The highest BCUT2D eigenvalue weighted by Gasteiger charge is 2.32. The Morgan fingerprint density at radius 2 is 2.18 bits per heavy atom. The third-order valence-corrected chi connectivity index (χ3v) is 5.75. The van der Waals surface area contributed by atoms with E-state index in [9.17, 15) is 5.11 Å². The van der Waals surface area contributed by atoms with Gasteiger partial charge in [0.2, 0.25) is 0 Å². The van der Waals surface area contributed by atoms with Crippen LogP contribution < -0.4 is 0 Å². The van der Waals surface area contributed by atoms with Gasteiger partial charge in [-0.05, 0) is 49.2 Å². The van der Waals surface area contributed by atoms with E-state index in [1.54, 1.807) is 0 Å². The van der Waals surface area contributed by atoms with Crippen LogP contribution >= 0.6 is 11.8 Å². The van der Waals surface area contributed by atoms with Crippen molar-refractivity contribution in [2.75, 3.05) is 5.75 Å². The largest absolute Gasteiger partial charge is 0.393 e. The molecule has 3 unspecified atom stereocenters. The Bertz CT molecular complexity index is 227. The van der Waals surface area contributed by atoms with E-state index in [1.807, 2.05) is 6.08 Å². The molecule has 1 aliphatic heterocycles. The highest BCUT2D eigenvalue weighted by atomic mass is 32.2. The van der Waals surface area contributed by atoms with Crippen LogP contribution in [0.15, 0.2) is 12.7 Å². The summed E-state index contributed by atoms with van der Waals surface area (Å²) in [6, 6.07) is 0. The van der Waals surface area contributed by atoms with Crippen LogP contribution in [0.5, 0.6) is 0 Å². The number of allylic oxidation sites excluding steroid dienone is 1. The van der Waals surface area contributed by atoms with Gasteiger partial charge in [0.1, 0.15) is 0 Å². The zero-order chi connectivity index (χ0) is 12.8. The maximum atomic E-state index is 10.1. The van der Waals surface area contributed by atoms with Gasteiger partial charge >= 0.3 is 0 Å². The number of rotatable bonds is 6. The van der Waals surface area contributed by atoms with E-state index in [4.69, 9.17) is 0 Å². The summed E-state index contributed by atoms with van der Waals surface area (Å²) in [5, 5.41) is 10.8. The molecule has 2 heteroatoms. The van der Waals surface area contributed by atoms with Crippen LogP contribution in [0, 0.1) is 17.8 Å². The summed E-state index contributed by atoms with van der Waals surface area (Å²) in [7, 11) is 0. The SMILES string of the molecule is C=CCC[C@H](O)CC1CC(C)CSC1C(C)C. The number of aliphatic hydroxyl groups is 1. The Balaban J connectivity index is 2.48. The average Bonchev–Trinajstić information content (AvgIpc) is 2.26. The first kappa shape index (κ1) is 15.1. The Hall–Kier alpha value is 0.0500. The van der Waals surface area contributed by atoms with Crippen LogP contribution in [0.3, 0.4) is 0 Å². The van der Waals surface area contributed by atoms with E-state index in [-0.39, 0.29) is 6.10 Å². The number of hydrogen-bond acceptors (Lipinski definition) is 2. The minimum atomic E-state index is -0.134. The fourth-order valence-electron chi connectivity index (χ4n) is 2.88. The van der Waals surface area contributed by atoms with Gasteiger partial charge in [-0.2, -0.15) is 11.8 Å². The van der Waals surface area contributed by atoms with Crippen molar-refractivity contribution in [1.82, 2.24) is 0 Å². The lowest BCUT2D eigenvalue weighted by molar-refractivity contribution is 0.122. The van der Waals surface area contributed by atoms with Crippen molar-refractivity contribution in [1.29, 1.82) is 0 Å². The molecular formula is C15H28OS. The Morgan fingerprint density at radius 3 is 2.76 bits per heavy atom. The van der Waals surface area contributed by atoms with Crippen molar-refractivity contribution >= 4 is 11.8 Å². The summed E-state index contributed by atoms with van der Waals surface area (Å²) in [5.41, 5.74) is 0. The summed E-state index contributed by atoms with van der Waals surface area (Å²) < 4.78 is 0. The van der Waals surface area contributed by atoms with E-state index in [2.05, 4.69) is 39.1 Å². The quantitative estimate of drug-likeness (QED) is 0.721. The van der Waals surface area contributed by atoms with Crippen molar-refractivity contribution in [3.05, 3.63) is 12.7 Å². The van der Waals surface area contributed by atoms with E-state index in [1.165, 1.54) is 12.2 Å². The number of hydrogen-bond donors (Lipinski definition) is 1. The monoisotopic (exact) mass is 256 g/mol. The van der Waals surface area contributed by atoms with Crippen LogP contribution in [0.2, 0.25) is 0 Å². The molecule has 0 aromatic rings. The minimum Gasteiger partial charge on any atom is -0.393 e. The molecule has 0 amide bonds. The fourth-order valence-corrected chi connectivity index (χ4v) is 4.44. The van der Waals surface area contributed by atoms with E-state index in [0.717, 1.165) is 36.3 Å². The van der Waals surface area contributed by atoms with Gasteiger partial charge in [0.15, 0.2) is 0 Å². The molecule has 0 spiro atoms. The van der Waals surface area contributed by atoms with Gasteiger partial charge in [-0.15, -0.1) is 6.58 Å². The summed E-state index contributed by atoms with van der Waals surface area (Å²) in [6.45, 7) is 10.7. The molecule has 17 heavy (non-hydrogen) atoms. The predicted octanol–water partition coefficient (Wildman–Crippen LogP) is 4.12. The zero-order valence-corrected chi connectivity index (χ0v) is 12.4. The third-order valence-electron chi connectivity index (χ3n) is 3.68. The van der Waals surface area contributed by atoms with Crippen molar-refractivity contribution in [2.24, 2.45) is 17.8 Å². The van der Waals surface area contributed by atoms with Crippen molar-refractivity contribution < 1.29 is 5.11 Å². The van der Waals surface area contributed by atoms with Gasteiger partial charge in [-0.25, -0.2) is 0 Å². The second-order valence-electron chi connectivity index (χ2n) is 5.90. The van der Waals surface area contributed by atoms with Crippen LogP contribution in [0.25, 0.3) is 0 Å². The molecule has 0 saturated carbocycles. The molecule has 1 N–H and O–H groups in total. The molecule has 0 aromatic heterocycles. The van der Waals surface area contributed by atoms with E-state index in [0.29, 0.717) is 5.92 Å². The second kappa shape index (κ2) is 7.48. The van der Waals surface area contributed by atoms with Gasteiger partial charge < -0.3 is 5.11 Å². The first-order valence-corrected chi connectivity index (χ1v) is 8.00. The lowest BCUT2D eigenvalue weighted by Crippen LogP contribution is -2.33. The van der Waals surface area contributed by atoms with Gasteiger partial charge in [0.05, 0.1) is 6.10 Å². The van der Waals surface area contributed by atoms with E-state index >= 15 is 0 Å². The van der Waals surface area contributed by atoms with Crippen molar-refractivity contribution in [3.8, 4) is 0 Å². The molecule has 1 nitrogen and oxygen atoms in total. The number of aliphatic hydroxyl groups excluding tert-OH is 1. The topological polar surface area (TPSA) is 20.2 Å². The first-order valence-electron chi connectivity index (χ1n) is 6.95. The molecule has 4 atom stereocenters. The van der Waals surface area contributed by atoms with Crippen LogP contribution in [0.4, 0.5) is 0 Å². The Kier molecular flexibility index (Phi) is 6.65. The Labute approximate surface area is 111 Å². The molecule has 0 radical (unpaired) electrons. The molecular weight excluding hydrogens is 228 g/mol. The maximum Gasteiger partial charge on any atom is 0.0546 e. The molecule has 1 heterocycles. The minimum absolute atomic E-state index is 0.134. The predicted molar refractivity (Wildman–Crippen MR) is 78.4 cm³/mol. The molecule has 0 aromatic carbocycles. The molecule has 1 fully saturated rings. The van der Waals surface area contributed by atoms with Crippen molar-refractivity contribution in [2.45, 2.75) is 57.8 Å². The Morgan fingerprint density at radius 1 is 1.47 bits per heavy atom. The summed E-state index contributed by atoms with van der Waals surface area (Å²) >= 11 is 2.12. The van der Waals surface area contributed by atoms with E-state index < -0.39 is 0 Å². The number of thioether (sulfide) groups is 1. The highest BCUT2D eigenvalue weighted by Crippen LogP contribution is 2.40. The standard InChI is InChI=1S/C15H28OS/c1-5-6-7-14(16)9-13-8-12(4)10-17-15(13)11(2)3/h5,11-16H,1,6-10H2,2-4H3/t12?,13?,14-,15?/m0/s1. The lowest BCUT2D eigenvalue weighted by atomic mass is 9.83. The molecule has 0 bridgehead atoms. The lowest BCUT2D eigenvalue weighted by Gasteiger charge is -2.37. The normalized spacial score (nSPS) is 31.5. The summed E-state index contributed by atoms with van der Waals surface area (Å²) in [5.74, 6) is 3.53. The van der Waals surface area contributed by atoms with Crippen LogP contribution in [-0.4, -0.2) is 22.2 Å². The summed E-state index contributed by atoms with van der Waals surface area (Å²) in [6.07, 6.45) is 5.86. The van der Waals surface area contributed by atoms with Gasteiger partial charge in [0.25, 0.3) is 0 Å². The molecule has 1 saturated heterocycles. The highest BCUT2D eigenvalue weighted by molar-refractivity contribution is 8.00. The van der Waals surface area contributed by atoms with Gasteiger partial charge in [0, 0.05) is 5.25 Å². The zero-order valence-electron chi connectivity index (χ0n) is 11.6. The second-order valence-corrected chi connectivity index (χ2v) is 7.11. The van der Waals surface area contributed by atoms with Crippen molar-refractivity contribution in [3.63, 3.8) is 0 Å². The van der Waals surface area contributed by atoms with Gasteiger partial charge in [-0.1, -0.05) is 26.8 Å². The van der Waals surface area contributed by atoms with Crippen LogP contribution in [0.1, 0.15) is 46.5 Å². The maximum absolute atomic E-state index is 10.1. The smallest absolute Gasteiger partial charge is 0.0546 e. The third kappa shape index (κ3) is 5.05. The molecule has 1 aliphatic rings. The molecule has 1 rings (SSSR count). The van der Waals surface area contributed by atoms with Gasteiger partial charge in [-0.3, -0.25) is 0 Å². The summed E-state index contributed by atoms with van der Waals surface area (Å²) in [4.78, 5) is 0. The first-order chi connectivity index (χ1) is 8.04. The average molecular weight is 256 g/mol. The molecule has 0 aliphatic carbocycles. The fraction of sp³-hybridized carbons (Fsp3) is 0.867. The molecule has 100 valence electrons.